The Labute approximate surface area is 142 Å². The third-order valence-corrected chi connectivity index (χ3v) is 6.20. The fraction of sp³-hybridized carbons (Fsp3) is 0.429. The van der Waals surface area contributed by atoms with Crippen LogP contribution in [0.5, 0.6) is 0 Å². The molecule has 0 aromatic carbocycles. The second kappa shape index (κ2) is 5.44. The van der Waals surface area contributed by atoms with Gasteiger partial charge in [0.05, 0.1) is 11.8 Å². The van der Waals surface area contributed by atoms with Crippen LogP contribution in [0.3, 0.4) is 0 Å². The number of amides is 2. The lowest BCUT2D eigenvalue weighted by atomic mass is 9.63. The van der Waals surface area contributed by atoms with Crippen LogP contribution in [0.25, 0.3) is 0 Å². The first-order chi connectivity index (χ1) is 11.8. The number of hydrogen-bond donors (Lipinski definition) is 1. The summed E-state index contributed by atoms with van der Waals surface area (Å²) in [6.45, 7) is 0. The molecule has 4 aliphatic carbocycles. The van der Waals surface area contributed by atoms with Crippen LogP contribution in [-0.4, -0.2) is 17.8 Å². The van der Waals surface area contributed by atoms with E-state index >= 15 is 0 Å². The van der Waals surface area contributed by atoms with Gasteiger partial charge in [-0.05, 0) is 73.2 Å². The normalized spacial score (nSPS) is 36.6. The van der Waals surface area contributed by atoms with Crippen molar-refractivity contribution in [2.75, 3.05) is 0 Å². The van der Waals surface area contributed by atoms with Crippen molar-refractivity contribution in [3.63, 3.8) is 0 Å². The molecule has 0 spiro atoms. The van der Waals surface area contributed by atoms with Crippen LogP contribution < -0.4 is 5.32 Å². The predicted molar refractivity (Wildman–Crippen MR) is 94.5 cm³/mol. The third-order valence-electron chi connectivity index (χ3n) is 6.20. The van der Waals surface area contributed by atoms with Gasteiger partial charge in [0.2, 0.25) is 0 Å². The molecular formula is C21H21N2O. The number of hydrogen-bond acceptors (Lipinski definition) is 1. The maximum Gasteiger partial charge on any atom is 0.342 e. The van der Waals surface area contributed by atoms with Crippen LogP contribution in [-0.2, 0) is 0 Å². The SMILES string of the molecule is O=C1N=C2C=CC=C(C3CCC4=C[C]=C5C=CCCC5C4C3)C2N1. The maximum absolute atomic E-state index is 11.7. The first-order valence-corrected chi connectivity index (χ1v) is 9.05. The zero-order chi connectivity index (χ0) is 16.1. The van der Waals surface area contributed by atoms with Gasteiger partial charge in [0, 0.05) is 0 Å². The van der Waals surface area contributed by atoms with Gasteiger partial charge in [-0.1, -0.05) is 36.0 Å². The zero-order valence-electron chi connectivity index (χ0n) is 13.7. The van der Waals surface area contributed by atoms with E-state index in [-0.39, 0.29) is 12.1 Å². The average Bonchev–Trinajstić information content (AvgIpc) is 3.01. The second-order valence-corrected chi connectivity index (χ2v) is 7.43. The zero-order valence-corrected chi connectivity index (χ0v) is 13.7. The van der Waals surface area contributed by atoms with Gasteiger partial charge >= 0.3 is 6.03 Å². The Hall–Kier alpha value is -2.16. The number of fused-ring (bicyclic) bond motifs is 4. The van der Waals surface area contributed by atoms with Gasteiger partial charge < -0.3 is 5.32 Å². The molecule has 0 aromatic heterocycles. The van der Waals surface area contributed by atoms with Crippen molar-refractivity contribution < 1.29 is 4.79 Å². The van der Waals surface area contributed by atoms with Crippen molar-refractivity contribution in [1.82, 2.24) is 5.32 Å². The molecule has 24 heavy (non-hydrogen) atoms. The quantitative estimate of drug-likeness (QED) is 0.778. The van der Waals surface area contributed by atoms with E-state index in [9.17, 15) is 4.79 Å². The number of urea groups is 1. The number of carbonyl (C=O) groups is 1. The van der Waals surface area contributed by atoms with E-state index in [0.29, 0.717) is 17.8 Å². The molecule has 0 bridgehead atoms. The first-order valence-electron chi connectivity index (χ1n) is 9.05. The highest BCUT2D eigenvalue weighted by Crippen LogP contribution is 2.48. The van der Waals surface area contributed by atoms with Crippen LogP contribution in [0.4, 0.5) is 4.79 Å². The minimum Gasteiger partial charge on any atom is -0.324 e. The monoisotopic (exact) mass is 317 g/mol. The summed E-state index contributed by atoms with van der Waals surface area (Å²) >= 11 is 0. The van der Waals surface area contributed by atoms with E-state index in [2.05, 4.69) is 46.8 Å². The van der Waals surface area contributed by atoms with Gasteiger partial charge in [-0.25, -0.2) is 4.79 Å². The van der Waals surface area contributed by atoms with Gasteiger partial charge in [0.1, 0.15) is 0 Å². The summed E-state index contributed by atoms with van der Waals surface area (Å²) in [4.78, 5) is 15.8. The molecule has 4 unspecified atom stereocenters. The Kier molecular flexibility index (Phi) is 3.22. The van der Waals surface area contributed by atoms with Gasteiger partial charge in [-0.3, -0.25) is 0 Å². The van der Waals surface area contributed by atoms with Crippen molar-refractivity contribution in [3.05, 3.63) is 59.3 Å². The van der Waals surface area contributed by atoms with E-state index in [1.807, 2.05) is 6.08 Å². The summed E-state index contributed by atoms with van der Waals surface area (Å²) in [6.07, 6.45) is 22.5. The topological polar surface area (TPSA) is 41.5 Å². The summed E-state index contributed by atoms with van der Waals surface area (Å²) in [5, 5.41) is 3.03. The molecule has 5 aliphatic rings. The minimum atomic E-state index is -0.196. The molecule has 5 rings (SSSR count). The van der Waals surface area contributed by atoms with E-state index in [0.717, 1.165) is 12.1 Å². The molecule has 1 fully saturated rings. The van der Waals surface area contributed by atoms with Crippen molar-refractivity contribution >= 4 is 11.7 Å². The van der Waals surface area contributed by atoms with Crippen molar-refractivity contribution in [3.8, 4) is 0 Å². The Morgan fingerprint density at radius 2 is 2.17 bits per heavy atom. The standard InChI is InChI=1S/C21H21N2O/c24-21-22-19-7-3-6-17(20(19)23-21)15-11-10-14-9-8-13-4-1-2-5-16(13)18(14)12-15/h1,3-4,6-7,9,15-16,18,20H,2,5,10-12H2,(H,23,24). The lowest BCUT2D eigenvalue weighted by Gasteiger charge is -2.42. The summed E-state index contributed by atoms with van der Waals surface area (Å²) in [6, 6.07) is -0.187. The van der Waals surface area contributed by atoms with Crippen molar-refractivity contribution in [1.29, 1.82) is 0 Å². The highest BCUT2D eigenvalue weighted by molar-refractivity contribution is 6.13. The van der Waals surface area contributed by atoms with Gasteiger partial charge in [-0.15, -0.1) is 0 Å². The Bertz CT molecular complexity index is 778. The number of nitrogens with zero attached hydrogens (tertiary/aromatic N) is 1. The molecule has 3 nitrogen and oxygen atoms in total. The number of rotatable bonds is 1. The van der Waals surface area contributed by atoms with Crippen LogP contribution in [0.1, 0.15) is 32.1 Å². The third kappa shape index (κ3) is 2.18. The highest BCUT2D eigenvalue weighted by Gasteiger charge is 2.39. The van der Waals surface area contributed by atoms with Gasteiger partial charge in [0.25, 0.3) is 0 Å². The largest absolute Gasteiger partial charge is 0.342 e. The molecule has 0 aromatic rings. The summed E-state index contributed by atoms with van der Waals surface area (Å²) in [7, 11) is 0. The Morgan fingerprint density at radius 3 is 3.12 bits per heavy atom. The molecule has 0 saturated heterocycles. The second-order valence-electron chi connectivity index (χ2n) is 7.43. The Balaban J connectivity index is 1.42. The molecule has 3 heteroatoms. The van der Waals surface area contributed by atoms with E-state index in [4.69, 9.17) is 0 Å². The molecule has 1 radical (unpaired) electrons. The number of nitrogens with one attached hydrogen (secondary N) is 1. The average molecular weight is 317 g/mol. The van der Waals surface area contributed by atoms with Crippen LogP contribution in [0.2, 0.25) is 0 Å². The maximum atomic E-state index is 11.7. The smallest absolute Gasteiger partial charge is 0.324 e. The van der Waals surface area contributed by atoms with Crippen molar-refractivity contribution in [2.24, 2.45) is 22.7 Å². The van der Waals surface area contributed by atoms with Crippen LogP contribution in [0, 0.1) is 23.8 Å². The highest BCUT2D eigenvalue weighted by atomic mass is 16.2. The lowest BCUT2D eigenvalue weighted by molar-refractivity contribution is 0.249. The predicted octanol–water partition coefficient (Wildman–Crippen LogP) is 4.07. The molecule has 1 N–H and O–H groups in total. The molecule has 121 valence electrons. The van der Waals surface area contributed by atoms with Crippen LogP contribution >= 0.6 is 0 Å². The summed E-state index contributed by atoms with van der Waals surface area (Å²) < 4.78 is 0. The van der Waals surface area contributed by atoms with Crippen LogP contribution in [0.15, 0.2) is 58.2 Å². The number of aliphatic imine (C=N–C) groups is 1. The number of allylic oxidation sites excluding steroid dienone is 8. The molecule has 1 heterocycles. The minimum absolute atomic E-state index is 0.00875. The Morgan fingerprint density at radius 1 is 1.21 bits per heavy atom. The fourth-order valence-corrected chi connectivity index (χ4v) is 5.05. The molecule has 2 amide bonds. The molecule has 1 saturated carbocycles. The van der Waals surface area contributed by atoms with Gasteiger partial charge in [-0.2, -0.15) is 4.99 Å². The van der Waals surface area contributed by atoms with E-state index in [1.54, 1.807) is 5.57 Å². The number of carbonyl (C=O) groups excluding carboxylic acids is 1. The van der Waals surface area contributed by atoms with E-state index < -0.39 is 0 Å². The molecular weight excluding hydrogens is 296 g/mol. The van der Waals surface area contributed by atoms with Gasteiger partial charge in [0.15, 0.2) is 0 Å². The fourth-order valence-electron chi connectivity index (χ4n) is 5.05. The lowest BCUT2D eigenvalue weighted by Crippen LogP contribution is -2.39. The van der Waals surface area contributed by atoms with Crippen molar-refractivity contribution in [2.45, 2.75) is 38.1 Å². The molecule has 1 aliphatic heterocycles. The molecule has 4 atom stereocenters. The van der Waals surface area contributed by atoms with E-state index in [1.165, 1.54) is 36.8 Å². The first kappa shape index (κ1) is 14.2. The summed E-state index contributed by atoms with van der Waals surface area (Å²) in [5.41, 5.74) is 5.22. The summed E-state index contributed by atoms with van der Waals surface area (Å²) in [5.74, 6) is 1.83.